The first-order chi connectivity index (χ1) is 9.21. The standard InChI is InChI=1S/C13H17NO5S/c1-9(7-12(15)16)8-14-13(17)10-5-3-4-6-11(10)20(2,18)19/h3-6,9H,7-8H2,1-2H3,(H,14,17)(H,15,16). The lowest BCUT2D eigenvalue weighted by Gasteiger charge is -2.12. The van der Waals surface area contributed by atoms with Gasteiger partial charge in [0, 0.05) is 19.2 Å². The number of nitrogens with one attached hydrogen (secondary N) is 1. The third kappa shape index (κ3) is 4.65. The summed E-state index contributed by atoms with van der Waals surface area (Å²) in [7, 11) is -3.49. The number of carboxylic acid groups (broad SMARTS) is 1. The second kappa shape index (κ2) is 6.51. The van der Waals surface area contributed by atoms with Gasteiger partial charge >= 0.3 is 5.97 Å². The van der Waals surface area contributed by atoms with Gasteiger partial charge < -0.3 is 10.4 Å². The Kier molecular flexibility index (Phi) is 5.26. The molecule has 1 atom stereocenters. The maximum Gasteiger partial charge on any atom is 0.303 e. The van der Waals surface area contributed by atoms with Crippen molar-refractivity contribution in [2.75, 3.05) is 12.8 Å². The van der Waals surface area contributed by atoms with Gasteiger partial charge in [-0.25, -0.2) is 8.42 Å². The van der Waals surface area contributed by atoms with Gasteiger partial charge in [0.15, 0.2) is 9.84 Å². The summed E-state index contributed by atoms with van der Waals surface area (Å²) < 4.78 is 23.2. The highest BCUT2D eigenvalue weighted by atomic mass is 32.2. The Morgan fingerprint density at radius 1 is 1.30 bits per heavy atom. The summed E-state index contributed by atoms with van der Waals surface area (Å²) in [6.07, 6.45) is 0.972. The minimum Gasteiger partial charge on any atom is -0.481 e. The van der Waals surface area contributed by atoms with E-state index in [9.17, 15) is 18.0 Å². The number of hydrogen-bond donors (Lipinski definition) is 2. The Bertz CT molecular complexity index is 609. The van der Waals surface area contributed by atoms with Crippen molar-refractivity contribution in [1.82, 2.24) is 5.32 Å². The quantitative estimate of drug-likeness (QED) is 0.814. The van der Waals surface area contributed by atoms with Crippen LogP contribution in [0, 0.1) is 5.92 Å². The van der Waals surface area contributed by atoms with Crippen LogP contribution in [0.3, 0.4) is 0 Å². The number of carbonyl (C=O) groups excluding carboxylic acids is 1. The number of benzene rings is 1. The average molecular weight is 299 g/mol. The lowest BCUT2D eigenvalue weighted by Crippen LogP contribution is -2.30. The summed E-state index contributed by atoms with van der Waals surface area (Å²) in [6.45, 7) is 1.86. The second-order valence-electron chi connectivity index (χ2n) is 4.68. The molecule has 6 nitrogen and oxygen atoms in total. The van der Waals surface area contributed by atoms with Crippen molar-refractivity contribution in [3.8, 4) is 0 Å². The molecular formula is C13H17NO5S. The number of amides is 1. The van der Waals surface area contributed by atoms with Crippen molar-refractivity contribution in [2.45, 2.75) is 18.2 Å². The summed E-state index contributed by atoms with van der Waals surface area (Å²) in [5.74, 6) is -1.70. The molecule has 0 aliphatic carbocycles. The maximum atomic E-state index is 12.0. The Balaban J connectivity index is 2.81. The molecule has 110 valence electrons. The number of sulfone groups is 1. The van der Waals surface area contributed by atoms with Crippen LogP contribution in [-0.2, 0) is 14.6 Å². The Hall–Kier alpha value is -1.89. The van der Waals surface area contributed by atoms with Gasteiger partial charge in [0.2, 0.25) is 0 Å². The summed E-state index contributed by atoms with van der Waals surface area (Å²) in [6, 6.07) is 5.91. The van der Waals surface area contributed by atoms with Crippen LogP contribution in [0.4, 0.5) is 0 Å². The third-order valence-electron chi connectivity index (χ3n) is 2.67. The van der Waals surface area contributed by atoms with Crippen molar-refractivity contribution in [2.24, 2.45) is 5.92 Å². The molecule has 20 heavy (non-hydrogen) atoms. The molecule has 0 aliphatic rings. The first kappa shape index (κ1) is 16.2. The van der Waals surface area contributed by atoms with E-state index in [0.717, 1.165) is 6.26 Å². The van der Waals surface area contributed by atoms with Crippen LogP contribution in [0.2, 0.25) is 0 Å². The van der Waals surface area contributed by atoms with Crippen LogP contribution >= 0.6 is 0 Å². The van der Waals surface area contributed by atoms with E-state index >= 15 is 0 Å². The van der Waals surface area contributed by atoms with Gasteiger partial charge in [0.05, 0.1) is 10.5 Å². The first-order valence-corrected chi connectivity index (χ1v) is 7.90. The lowest BCUT2D eigenvalue weighted by atomic mass is 10.1. The zero-order valence-corrected chi connectivity index (χ0v) is 12.1. The van der Waals surface area contributed by atoms with E-state index in [0.29, 0.717) is 0 Å². The van der Waals surface area contributed by atoms with Gasteiger partial charge in [0.25, 0.3) is 5.91 Å². The van der Waals surface area contributed by atoms with Gasteiger partial charge in [-0.2, -0.15) is 0 Å². The van der Waals surface area contributed by atoms with Gasteiger partial charge in [-0.15, -0.1) is 0 Å². The molecule has 2 N–H and O–H groups in total. The molecule has 0 aromatic heterocycles. The number of carbonyl (C=O) groups is 2. The molecule has 0 heterocycles. The van der Waals surface area contributed by atoms with Gasteiger partial charge in [0.1, 0.15) is 0 Å². The minimum absolute atomic E-state index is 0.0385. The number of rotatable bonds is 6. The van der Waals surface area contributed by atoms with E-state index in [-0.39, 0.29) is 29.3 Å². The van der Waals surface area contributed by atoms with Gasteiger partial charge in [-0.1, -0.05) is 19.1 Å². The van der Waals surface area contributed by atoms with Gasteiger partial charge in [-0.05, 0) is 18.1 Å². The average Bonchev–Trinajstić information content (AvgIpc) is 2.34. The van der Waals surface area contributed by atoms with Crippen molar-refractivity contribution in [1.29, 1.82) is 0 Å². The summed E-state index contributed by atoms with van der Waals surface area (Å²) in [5.41, 5.74) is 0.0672. The van der Waals surface area contributed by atoms with Crippen molar-refractivity contribution >= 4 is 21.7 Å². The molecule has 1 amide bonds. The Morgan fingerprint density at radius 2 is 1.90 bits per heavy atom. The summed E-state index contributed by atoms with van der Waals surface area (Å²) in [5, 5.41) is 11.2. The van der Waals surface area contributed by atoms with Crippen molar-refractivity contribution in [3.05, 3.63) is 29.8 Å². The minimum atomic E-state index is -3.49. The normalized spacial score (nSPS) is 12.7. The highest BCUT2D eigenvalue weighted by Crippen LogP contribution is 2.15. The van der Waals surface area contributed by atoms with Crippen molar-refractivity contribution in [3.63, 3.8) is 0 Å². The summed E-state index contributed by atoms with van der Waals surface area (Å²) in [4.78, 5) is 22.5. The van der Waals surface area contributed by atoms with E-state index in [2.05, 4.69) is 5.32 Å². The highest BCUT2D eigenvalue weighted by Gasteiger charge is 2.18. The maximum absolute atomic E-state index is 12.0. The largest absolute Gasteiger partial charge is 0.481 e. The van der Waals surface area contributed by atoms with Gasteiger partial charge in [-0.3, -0.25) is 9.59 Å². The summed E-state index contributed by atoms with van der Waals surface area (Å²) >= 11 is 0. The molecule has 0 bridgehead atoms. The zero-order valence-electron chi connectivity index (χ0n) is 11.3. The molecule has 0 aliphatic heterocycles. The third-order valence-corrected chi connectivity index (χ3v) is 3.82. The predicted octanol–water partition coefficient (Wildman–Crippen LogP) is 0.931. The fourth-order valence-corrected chi connectivity index (χ4v) is 2.60. The van der Waals surface area contributed by atoms with Crippen molar-refractivity contribution < 1.29 is 23.1 Å². The zero-order chi connectivity index (χ0) is 15.3. The predicted molar refractivity (Wildman–Crippen MR) is 73.3 cm³/mol. The van der Waals surface area contributed by atoms with E-state index in [1.165, 1.54) is 12.1 Å². The highest BCUT2D eigenvalue weighted by molar-refractivity contribution is 7.90. The molecule has 1 unspecified atom stereocenters. The fraction of sp³-hybridized carbons (Fsp3) is 0.385. The van der Waals surface area contributed by atoms with E-state index in [1.807, 2.05) is 0 Å². The molecule has 7 heteroatoms. The van der Waals surface area contributed by atoms with Crippen LogP contribution in [-0.4, -0.2) is 38.2 Å². The fourth-order valence-electron chi connectivity index (χ4n) is 1.71. The Morgan fingerprint density at radius 3 is 2.45 bits per heavy atom. The smallest absolute Gasteiger partial charge is 0.303 e. The Labute approximate surface area is 117 Å². The van der Waals surface area contributed by atoms with Crippen LogP contribution in [0.5, 0.6) is 0 Å². The lowest BCUT2D eigenvalue weighted by molar-refractivity contribution is -0.137. The second-order valence-corrected chi connectivity index (χ2v) is 6.67. The van der Waals surface area contributed by atoms with Crippen LogP contribution in [0.15, 0.2) is 29.2 Å². The van der Waals surface area contributed by atoms with E-state index in [4.69, 9.17) is 5.11 Å². The molecular weight excluding hydrogens is 282 g/mol. The van der Waals surface area contributed by atoms with Crippen LogP contribution in [0.25, 0.3) is 0 Å². The number of aliphatic carboxylic acids is 1. The van der Waals surface area contributed by atoms with E-state index < -0.39 is 21.7 Å². The van der Waals surface area contributed by atoms with Crippen LogP contribution in [0.1, 0.15) is 23.7 Å². The SMILES string of the molecule is CC(CNC(=O)c1ccccc1S(C)(=O)=O)CC(=O)O. The molecule has 1 rings (SSSR count). The van der Waals surface area contributed by atoms with Crippen LogP contribution < -0.4 is 5.32 Å². The topological polar surface area (TPSA) is 101 Å². The van der Waals surface area contributed by atoms with E-state index in [1.54, 1.807) is 19.1 Å². The molecule has 0 spiro atoms. The molecule has 0 saturated carbocycles. The molecule has 0 fully saturated rings. The molecule has 1 aromatic carbocycles. The molecule has 0 radical (unpaired) electrons. The first-order valence-electron chi connectivity index (χ1n) is 6.01. The monoisotopic (exact) mass is 299 g/mol. The molecule has 0 saturated heterocycles. The number of carboxylic acids is 1. The molecule has 1 aromatic rings. The number of hydrogen-bond acceptors (Lipinski definition) is 4.